The van der Waals surface area contributed by atoms with Gasteiger partial charge in [-0.15, -0.1) is 0 Å². The van der Waals surface area contributed by atoms with Crippen LogP contribution in [0.2, 0.25) is 5.02 Å². The molecule has 1 rings (SSSR count). The molecule has 0 saturated heterocycles. The van der Waals surface area contributed by atoms with Gasteiger partial charge < -0.3 is 10.2 Å². The van der Waals surface area contributed by atoms with Gasteiger partial charge in [0.2, 0.25) is 5.78 Å². The molecule has 0 aromatic heterocycles. The Labute approximate surface area is 84.7 Å². The van der Waals surface area contributed by atoms with Crippen molar-refractivity contribution in [3.8, 4) is 5.75 Å². The van der Waals surface area contributed by atoms with Gasteiger partial charge in [0.25, 0.3) is 0 Å². The van der Waals surface area contributed by atoms with Crippen molar-refractivity contribution in [3.63, 3.8) is 0 Å². The number of phenolic OH excluding ortho intramolecular Hbond substituents is 1. The highest BCUT2D eigenvalue weighted by atomic mass is 35.5. The SMILES string of the molecule is O=C(O)C(=O)Cc1ccc(O)c(Cl)c1. The fraction of sp³-hybridized carbons (Fsp3) is 0.111. The van der Waals surface area contributed by atoms with Crippen LogP contribution in [-0.4, -0.2) is 22.0 Å². The predicted octanol–water partition coefficient (Wildman–Crippen LogP) is 1.24. The largest absolute Gasteiger partial charge is 0.506 e. The molecule has 0 amide bonds. The number of carboxylic acids is 1. The van der Waals surface area contributed by atoms with Crippen molar-refractivity contribution >= 4 is 23.4 Å². The molecule has 0 aliphatic heterocycles. The van der Waals surface area contributed by atoms with Gasteiger partial charge in [-0.05, 0) is 17.7 Å². The summed E-state index contributed by atoms with van der Waals surface area (Å²) in [5.74, 6) is -2.49. The number of carbonyl (C=O) groups excluding carboxylic acids is 1. The lowest BCUT2D eigenvalue weighted by atomic mass is 10.1. The zero-order valence-electron chi connectivity index (χ0n) is 7.03. The molecule has 1 aromatic rings. The van der Waals surface area contributed by atoms with Crippen LogP contribution in [0.5, 0.6) is 5.75 Å². The molecule has 1 aromatic carbocycles. The Hall–Kier alpha value is -1.55. The van der Waals surface area contributed by atoms with Crippen molar-refractivity contribution < 1.29 is 19.8 Å². The first-order chi connectivity index (χ1) is 6.50. The lowest BCUT2D eigenvalue weighted by molar-refractivity contribution is -0.148. The van der Waals surface area contributed by atoms with E-state index in [1.807, 2.05) is 0 Å². The van der Waals surface area contributed by atoms with E-state index in [9.17, 15) is 9.59 Å². The van der Waals surface area contributed by atoms with Crippen LogP contribution in [0.3, 0.4) is 0 Å². The number of phenols is 1. The van der Waals surface area contributed by atoms with E-state index < -0.39 is 11.8 Å². The van der Waals surface area contributed by atoms with Gasteiger partial charge in [-0.25, -0.2) is 4.79 Å². The maximum Gasteiger partial charge on any atom is 0.372 e. The van der Waals surface area contributed by atoms with Crippen molar-refractivity contribution in [2.45, 2.75) is 6.42 Å². The molecule has 4 nitrogen and oxygen atoms in total. The van der Waals surface area contributed by atoms with Gasteiger partial charge >= 0.3 is 5.97 Å². The van der Waals surface area contributed by atoms with Crippen molar-refractivity contribution in [1.29, 1.82) is 0 Å². The Kier molecular flexibility index (Phi) is 3.09. The second-order valence-electron chi connectivity index (χ2n) is 2.69. The lowest BCUT2D eigenvalue weighted by Gasteiger charge is -2.00. The highest BCUT2D eigenvalue weighted by Gasteiger charge is 2.12. The fourth-order valence-electron chi connectivity index (χ4n) is 0.921. The number of rotatable bonds is 3. The molecule has 0 aliphatic carbocycles. The third kappa shape index (κ3) is 2.47. The number of aromatic hydroxyl groups is 1. The van der Waals surface area contributed by atoms with Crippen molar-refractivity contribution in [2.24, 2.45) is 0 Å². The number of ketones is 1. The molecule has 0 fully saturated rings. The molecule has 0 atom stereocenters. The van der Waals surface area contributed by atoms with Crippen LogP contribution >= 0.6 is 11.6 Å². The summed E-state index contributed by atoms with van der Waals surface area (Å²) >= 11 is 5.57. The van der Waals surface area contributed by atoms with Crippen molar-refractivity contribution in [1.82, 2.24) is 0 Å². The minimum absolute atomic E-state index is 0.0979. The molecule has 5 heteroatoms. The monoisotopic (exact) mass is 214 g/mol. The zero-order valence-corrected chi connectivity index (χ0v) is 7.78. The maximum absolute atomic E-state index is 10.8. The molecule has 0 bridgehead atoms. The van der Waals surface area contributed by atoms with E-state index in [0.717, 1.165) is 0 Å². The molecule has 14 heavy (non-hydrogen) atoms. The third-order valence-corrected chi connectivity index (χ3v) is 1.92. The van der Waals surface area contributed by atoms with Gasteiger partial charge in [0.05, 0.1) is 5.02 Å². The second-order valence-corrected chi connectivity index (χ2v) is 3.10. The van der Waals surface area contributed by atoms with Gasteiger partial charge in [0.1, 0.15) is 5.75 Å². The molecule has 0 unspecified atom stereocenters. The van der Waals surface area contributed by atoms with Gasteiger partial charge in [0, 0.05) is 6.42 Å². The number of carboxylic acid groups (broad SMARTS) is 1. The van der Waals surface area contributed by atoms with E-state index in [0.29, 0.717) is 5.56 Å². The molecule has 0 saturated carbocycles. The predicted molar refractivity (Wildman–Crippen MR) is 49.5 cm³/mol. The van der Waals surface area contributed by atoms with Gasteiger partial charge in [-0.3, -0.25) is 4.79 Å². The zero-order chi connectivity index (χ0) is 10.7. The summed E-state index contributed by atoms with van der Waals surface area (Å²) in [5.41, 5.74) is 0.459. The highest BCUT2D eigenvalue weighted by molar-refractivity contribution is 6.33. The average molecular weight is 215 g/mol. The van der Waals surface area contributed by atoms with Crippen LogP contribution in [0, 0.1) is 0 Å². The molecule has 74 valence electrons. The minimum atomic E-state index is -1.48. The summed E-state index contributed by atoms with van der Waals surface area (Å²) < 4.78 is 0. The van der Waals surface area contributed by atoms with Crippen LogP contribution < -0.4 is 0 Å². The normalized spacial score (nSPS) is 9.79. The Morgan fingerprint density at radius 2 is 2.00 bits per heavy atom. The standard InChI is InChI=1S/C9H7ClO4/c10-6-3-5(1-2-7(6)11)4-8(12)9(13)14/h1-3,11H,4H2,(H,13,14). The molecule has 0 spiro atoms. The quantitative estimate of drug-likeness (QED) is 0.743. The number of carbonyl (C=O) groups is 2. The number of benzene rings is 1. The summed E-state index contributed by atoms with van der Waals surface area (Å²) in [6, 6.07) is 4.12. The Balaban J connectivity index is 2.83. The Bertz CT molecular complexity index is 386. The minimum Gasteiger partial charge on any atom is -0.506 e. The van der Waals surface area contributed by atoms with Gasteiger partial charge in [-0.1, -0.05) is 17.7 Å². The summed E-state index contributed by atoms with van der Waals surface area (Å²) in [6.45, 7) is 0. The van der Waals surface area contributed by atoms with E-state index in [-0.39, 0.29) is 17.2 Å². The number of hydrogen-bond donors (Lipinski definition) is 2. The fourth-order valence-corrected chi connectivity index (χ4v) is 1.12. The van der Waals surface area contributed by atoms with E-state index >= 15 is 0 Å². The first kappa shape index (κ1) is 10.5. The van der Waals surface area contributed by atoms with E-state index in [4.69, 9.17) is 21.8 Å². The van der Waals surface area contributed by atoms with Crippen LogP contribution in [0.15, 0.2) is 18.2 Å². The van der Waals surface area contributed by atoms with Crippen LogP contribution in [0.1, 0.15) is 5.56 Å². The number of aliphatic carboxylic acids is 1. The summed E-state index contributed by atoms with van der Waals surface area (Å²) in [5, 5.41) is 17.5. The topological polar surface area (TPSA) is 74.6 Å². The van der Waals surface area contributed by atoms with Crippen molar-refractivity contribution in [3.05, 3.63) is 28.8 Å². The molecular weight excluding hydrogens is 208 g/mol. The summed E-state index contributed by atoms with van der Waals surface area (Å²) in [6.07, 6.45) is -0.227. The molecule has 2 N–H and O–H groups in total. The second kappa shape index (κ2) is 4.11. The first-order valence-corrected chi connectivity index (χ1v) is 4.12. The third-order valence-electron chi connectivity index (χ3n) is 1.62. The van der Waals surface area contributed by atoms with E-state index in [1.165, 1.54) is 18.2 Å². The molecular formula is C9H7ClO4. The number of Topliss-reactive ketones (excluding diaryl/α,β-unsaturated/α-hetero) is 1. The molecule has 0 aliphatic rings. The van der Waals surface area contributed by atoms with Gasteiger partial charge in [0.15, 0.2) is 0 Å². The van der Waals surface area contributed by atoms with Crippen LogP contribution in [0.4, 0.5) is 0 Å². The first-order valence-electron chi connectivity index (χ1n) is 3.74. The van der Waals surface area contributed by atoms with Gasteiger partial charge in [-0.2, -0.15) is 0 Å². The highest BCUT2D eigenvalue weighted by Crippen LogP contribution is 2.23. The van der Waals surface area contributed by atoms with Crippen molar-refractivity contribution in [2.75, 3.05) is 0 Å². The maximum atomic E-state index is 10.8. The summed E-state index contributed by atoms with van der Waals surface area (Å²) in [4.78, 5) is 21.0. The molecule has 0 heterocycles. The Morgan fingerprint density at radius 3 is 2.50 bits per heavy atom. The lowest BCUT2D eigenvalue weighted by Crippen LogP contribution is -2.14. The Morgan fingerprint density at radius 1 is 1.36 bits per heavy atom. The number of hydrogen-bond acceptors (Lipinski definition) is 3. The van der Waals surface area contributed by atoms with E-state index in [2.05, 4.69) is 0 Å². The number of halogens is 1. The smallest absolute Gasteiger partial charge is 0.372 e. The van der Waals surface area contributed by atoms with E-state index in [1.54, 1.807) is 0 Å². The summed E-state index contributed by atoms with van der Waals surface area (Å²) in [7, 11) is 0. The van der Waals surface area contributed by atoms with Crippen LogP contribution in [0.25, 0.3) is 0 Å². The molecule has 0 radical (unpaired) electrons. The van der Waals surface area contributed by atoms with Crippen LogP contribution in [-0.2, 0) is 16.0 Å². The average Bonchev–Trinajstić information content (AvgIpc) is 2.11.